The standard InChI is InChI=1S/C48H55N9O10/c1-31(46(60)56-20-6-7-33(29-56)54-44-41(43(50)52-30-53-44)42(49)32-12-14-35(15-13-32)67-34-8-3-2-4-9-34)18-21-63-23-25-65-27-28-66-26-24-64-22-19-51-37-11-5-10-36-40(37)48(62)57(47(36)61)38-16-17-39(58)55-45(38)59/h2-5,8-15,30,33,38,49,51H,1,6-7,16-29H2,(H,55,58,59)(H3,50,52,53,54). The molecule has 3 aromatic carbocycles. The molecule has 1 aromatic heterocycles. The molecule has 0 spiro atoms. The first-order chi connectivity index (χ1) is 32.6. The van der Waals surface area contributed by atoms with Crippen LogP contribution in [0.3, 0.4) is 0 Å². The van der Waals surface area contributed by atoms with E-state index in [0.717, 1.165) is 17.7 Å². The Kier molecular flexibility index (Phi) is 16.7. The zero-order chi connectivity index (χ0) is 47.1. The van der Waals surface area contributed by atoms with Gasteiger partial charge in [-0.2, -0.15) is 0 Å². The molecule has 2 atom stereocenters. The summed E-state index contributed by atoms with van der Waals surface area (Å²) in [6.07, 6.45) is 3.44. The van der Waals surface area contributed by atoms with E-state index in [0.29, 0.717) is 119 Å². The topological polar surface area (TPSA) is 250 Å². The van der Waals surface area contributed by atoms with E-state index in [1.54, 1.807) is 47.4 Å². The summed E-state index contributed by atoms with van der Waals surface area (Å²) in [5.41, 5.74) is 8.77. The van der Waals surface area contributed by atoms with Crippen LogP contribution in [0.4, 0.5) is 17.3 Å². The minimum absolute atomic E-state index is 0.0518. The average molecular weight is 918 g/mol. The summed E-state index contributed by atoms with van der Waals surface area (Å²) in [4.78, 5) is 74.9. The lowest BCUT2D eigenvalue weighted by Crippen LogP contribution is -2.54. The van der Waals surface area contributed by atoms with Gasteiger partial charge in [0.2, 0.25) is 17.7 Å². The smallest absolute Gasteiger partial charge is 0.264 e. The van der Waals surface area contributed by atoms with Crippen LogP contribution in [0.5, 0.6) is 11.5 Å². The lowest BCUT2D eigenvalue weighted by molar-refractivity contribution is -0.136. The monoisotopic (exact) mass is 917 g/mol. The summed E-state index contributed by atoms with van der Waals surface area (Å²) in [6, 6.07) is 20.3. The number of nitrogen functional groups attached to an aromatic ring is 1. The molecule has 3 aliphatic rings. The van der Waals surface area contributed by atoms with Gasteiger partial charge >= 0.3 is 0 Å². The first-order valence-electron chi connectivity index (χ1n) is 22.2. The molecule has 19 heteroatoms. The Bertz CT molecular complexity index is 2430. The molecule has 0 radical (unpaired) electrons. The number of hydrogen-bond acceptors (Lipinski definition) is 16. The van der Waals surface area contributed by atoms with Crippen molar-refractivity contribution in [3.05, 3.63) is 114 Å². The van der Waals surface area contributed by atoms with Crippen molar-refractivity contribution < 1.29 is 47.7 Å². The first-order valence-corrected chi connectivity index (χ1v) is 22.2. The minimum atomic E-state index is -1.03. The van der Waals surface area contributed by atoms with E-state index in [1.807, 2.05) is 30.3 Å². The second kappa shape index (κ2) is 23.4. The fourth-order valence-corrected chi connectivity index (χ4v) is 7.89. The van der Waals surface area contributed by atoms with Crippen LogP contribution in [-0.2, 0) is 33.3 Å². The minimum Gasteiger partial charge on any atom is -0.457 e. The predicted molar refractivity (Wildman–Crippen MR) is 247 cm³/mol. The number of fused-ring (bicyclic) bond motifs is 1. The van der Waals surface area contributed by atoms with Crippen LogP contribution in [0.2, 0.25) is 0 Å². The van der Waals surface area contributed by atoms with Crippen LogP contribution in [0.15, 0.2) is 91.3 Å². The van der Waals surface area contributed by atoms with Crippen molar-refractivity contribution in [3.63, 3.8) is 0 Å². The van der Waals surface area contributed by atoms with E-state index in [4.69, 9.17) is 34.8 Å². The lowest BCUT2D eigenvalue weighted by Gasteiger charge is -2.34. The third-order valence-electron chi connectivity index (χ3n) is 11.3. The SMILES string of the molecule is C=C(CCOCCOCCOCCOCCNc1cccc2c1C(=O)N(C1CCC(=O)NC1=O)C2=O)C(=O)N1CCCC(Nc2ncnc(N)c2C(=N)c2ccc(Oc3ccccc3)cc2)C1. The number of ether oxygens (including phenoxy) is 5. The number of benzene rings is 3. The number of imide groups is 2. The molecule has 4 heterocycles. The highest BCUT2D eigenvalue weighted by atomic mass is 16.6. The number of para-hydroxylation sites is 1. The average Bonchev–Trinajstić information content (AvgIpc) is 3.59. The van der Waals surface area contributed by atoms with Gasteiger partial charge in [0.15, 0.2) is 0 Å². The van der Waals surface area contributed by atoms with E-state index >= 15 is 0 Å². The largest absolute Gasteiger partial charge is 0.457 e. The summed E-state index contributed by atoms with van der Waals surface area (Å²) in [5, 5.41) is 17.8. The van der Waals surface area contributed by atoms with Crippen molar-refractivity contribution in [2.45, 2.75) is 44.2 Å². The van der Waals surface area contributed by atoms with E-state index in [-0.39, 0.29) is 47.4 Å². The maximum absolute atomic E-state index is 13.4. The Balaban J connectivity index is 0.725. The number of amides is 5. The zero-order valence-electron chi connectivity index (χ0n) is 37.1. The van der Waals surface area contributed by atoms with Gasteiger partial charge < -0.3 is 45.0 Å². The van der Waals surface area contributed by atoms with Gasteiger partial charge in [-0.05, 0) is 67.8 Å². The lowest BCUT2D eigenvalue weighted by atomic mass is 10.0. The van der Waals surface area contributed by atoms with Crippen LogP contribution in [-0.4, -0.2) is 140 Å². The molecule has 67 heavy (non-hydrogen) atoms. The summed E-state index contributed by atoms with van der Waals surface area (Å²) < 4.78 is 28.4. The molecule has 7 rings (SSSR count). The van der Waals surface area contributed by atoms with Gasteiger partial charge in [0.25, 0.3) is 11.8 Å². The number of nitrogens with zero attached hydrogens (tertiary/aromatic N) is 4. The molecule has 2 saturated heterocycles. The van der Waals surface area contributed by atoms with Crippen molar-refractivity contribution in [3.8, 4) is 11.5 Å². The van der Waals surface area contributed by atoms with Crippen LogP contribution in [0.25, 0.3) is 0 Å². The van der Waals surface area contributed by atoms with Crippen molar-refractivity contribution in [1.82, 2.24) is 25.1 Å². The van der Waals surface area contributed by atoms with Crippen molar-refractivity contribution in [1.29, 1.82) is 5.41 Å². The molecule has 0 bridgehead atoms. The molecule has 0 aliphatic carbocycles. The highest BCUT2D eigenvalue weighted by Gasteiger charge is 2.45. The number of aromatic nitrogens is 2. The number of anilines is 3. The molecule has 352 valence electrons. The number of rotatable bonds is 24. The highest BCUT2D eigenvalue weighted by Crippen LogP contribution is 2.33. The van der Waals surface area contributed by atoms with Crippen LogP contribution < -0.4 is 26.4 Å². The molecule has 4 aromatic rings. The summed E-state index contributed by atoms with van der Waals surface area (Å²) in [6.45, 7) is 8.16. The number of carbonyl (C=O) groups excluding carboxylic acids is 5. The van der Waals surface area contributed by atoms with Gasteiger partial charge in [-0.25, -0.2) is 9.97 Å². The van der Waals surface area contributed by atoms with Gasteiger partial charge in [0, 0.05) is 55.3 Å². The third-order valence-corrected chi connectivity index (χ3v) is 11.3. The predicted octanol–water partition coefficient (Wildman–Crippen LogP) is 4.20. The van der Waals surface area contributed by atoms with Gasteiger partial charge in [0.1, 0.15) is 35.5 Å². The Morgan fingerprint density at radius 1 is 0.821 bits per heavy atom. The van der Waals surface area contributed by atoms with Gasteiger partial charge in [-0.1, -0.05) is 30.8 Å². The Hall–Kier alpha value is -7.06. The fourth-order valence-electron chi connectivity index (χ4n) is 7.89. The molecule has 3 aliphatic heterocycles. The molecule has 5 amide bonds. The second-order valence-electron chi connectivity index (χ2n) is 15.9. The van der Waals surface area contributed by atoms with Crippen LogP contribution in [0, 0.1) is 5.41 Å². The number of nitrogens with two attached hydrogens (primary N) is 1. The Labute approximate surface area is 387 Å². The Morgan fingerprint density at radius 3 is 2.22 bits per heavy atom. The molecular formula is C48H55N9O10. The number of likely N-dealkylation sites (tertiary alicyclic amines) is 1. The summed E-state index contributed by atoms with van der Waals surface area (Å²) in [5.74, 6) is -0.408. The quantitative estimate of drug-likeness (QED) is 0.0286. The molecule has 6 N–H and O–H groups in total. The number of hydrogen-bond donors (Lipinski definition) is 5. The summed E-state index contributed by atoms with van der Waals surface area (Å²) in [7, 11) is 0. The normalized spacial score (nSPS) is 17.0. The van der Waals surface area contributed by atoms with Crippen LogP contribution >= 0.6 is 0 Å². The molecule has 2 fully saturated rings. The van der Waals surface area contributed by atoms with Crippen molar-refractivity contribution >= 4 is 52.6 Å². The van der Waals surface area contributed by atoms with Crippen LogP contribution in [0.1, 0.15) is 63.9 Å². The maximum Gasteiger partial charge on any atom is 0.264 e. The Morgan fingerprint density at radius 2 is 1.51 bits per heavy atom. The fraction of sp³-hybridized carbons (Fsp3) is 0.375. The molecule has 2 unspecified atom stereocenters. The maximum atomic E-state index is 13.4. The van der Waals surface area contributed by atoms with Gasteiger partial charge in [-0.15, -0.1) is 0 Å². The molecule has 19 nitrogen and oxygen atoms in total. The van der Waals surface area contributed by atoms with E-state index in [9.17, 15) is 24.0 Å². The second-order valence-corrected chi connectivity index (χ2v) is 15.9. The van der Waals surface area contributed by atoms with E-state index in [2.05, 4.69) is 32.5 Å². The first kappa shape index (κ1) is 47.9. The number of carbonyl (C=O) groups is 5. The van der Waals surface area contributed by atoms with Gasteiger partial charge in [-0.3, -0.25) is 39.6 Å². The highest BCUT2D eigenvalue weighted by molar-refractivity contribution is 6.25. The van der Waals surface area contributed by atoms with Crippen molar-refractivity contribution in [2.75, 3.05) is 88.9 Å². The van der Waals surface area contributed by atoms with E-state index < -0.39 is 29.7 Å². The number of piperidine rings is 2. The van der Waals surface area contributed by atoms with Crippen molar-refractivity contribution in [2.24, 2.45) is 0 Å². The summed E-state index contributed by atoms with van der Waals surface area (Å²) >= 11 is 0. The van der Waals surface area contributed by atoms with E-state index in [1.165, 1.54) is 6.33 Å². The zero-order valence-corrected chi connectivity index (χ0v) is 37.1. The van der Waals surface area contributed by atoms with Gasteiger partial charge in [0.05, 0.1) is 75.3 Å². The molecule has 0 saturated carbocycles. The number of nitrogens with one attached hydrogen (secondary N) is 4. The molecular weight excluding hydrogens is 863 g/mol. The third kappa shape index (κ3) is 12.4.